The zero-order valence-corrected chi connectivity index (χ0v) is 13.6. The summed E-state index contributed by atoms with van der Waals surface area (Å²) < 4.78 is 5.55. The summed E-state index contributed by atoms with van der Waals surface area (Å²) in [7, 11) is 0. The van der Waals surface area contributed by atoms with Crippen LogP contribution < -0.4 is 15.4 Å². The summed E-state index contributed by atoms with van der Waals surface area (Å²) in [4.78, 5) is 20.4. The molecule has 1 aromatic heterocycles. The molecule has 0 unspecified atom stereocenters. The van der Waals surface area contributed by atoms with Crippen LogP contribution in [0.4, 0.5) is 11.6 Å². The van der Waals surface area contributed by atoms with Crippen LogP contribution in [0.15, 0.2) is 73.1 Å². The van der Waals surface area contributed by atoms with E-state index in [-0.39, 0.29) is 5.91 Å². The molecule has 3 aromatic rings. The molecule has 3 rings (SSSR count). The lowest BCUT2D eigenvalue weighted by Crippen LogP contribution is -2.28. The van der Waals surface area contributed by atoms with Crippen LogP contribution in [0.25, 0.3) is 0 Å². The van der Waals surface area contributed by atoms with Crippen LogP contribution in [0.5, 0.6) is 5.75 Å². The highest BCUT2D eigenvalue weighted by molar-refractivity contribution is 5.95. The first kappa shape index (κ1) is 16.4. The predicted molar refractivity (Wildman–Crippen MR) is 96.0 cm³/mol. The first-order valence-corrected chi connectivity index (χ1v) is 7.91. The Morgan fingerprint density at radius 2 is 1.76 bits per heavy atom. The lowest BCUT2D eigenvalue weighted by molar-refractivity contribution is 0.0947. The molecule has 0 aliphatic carbocycles. The van der Waals surface area contributed by atoms with Gasteiger partial charge in [0, 0.05) is 23.6 Å². The van der Waals surface area contributed by atoms with E-state index in [9.17, 15) is 4.79 Å². The summed E-state index contributed by atoms with van der Waals surface area (Å²) in [5, 5.41) is 5.90. The van der Waals surface area contributed by atoms with Gasteiger partial charge in [0.1, 0.15) is 12.4 Å². The van der Waals surface area contributed by atoms with Crippen LogP contribution in [0, 0.1) is 0 Å². The van der Waals surface area contributed by atoms with Crippen LogP contribution >= 0.6 is 0 Å². The van der Waals surface area contributed by atoms with Gasteiger partial charge in [0.15, 0.2) is 0 Å². The smallest absolute Gasteiger partial charge is 0.251 e. The van der Waals surface area contributed by atoms with E-state index in [2.05, 4.69) is 20.6 Å². The van der Waals surface area contributed by atoms with E-state index in [1.54, 1.807) is 36.7 Å². The third-order valence-electron chi connectivity index (χ3n) is 3.35. The van der Waals surface area contributed by atoms with Gasteiger partial charge in [-0.05, 0) is 36.4 Å². The second-order valence-corrected chi connectivity index (χ2v) is 5.20. The maximum absolute atomic E-state index is 12.2. The number of nitrogens with one attached hydrogen (secondary N) is 2. The Morgan fingerprint density at radius 3 is 2.56 bits per heavy atom. The number of carbonyl (C=O) groups is 1. The molecule has 0 saturated heterocycles. The number of hydrogen-bond acceptors (Lipinski definition) is 5. The van der Waals surface area contributed by atoms with Crippen LogP contribution in [0.2, 0.25) is 0 Å². The third-order valence-corrected chi connectivity index (χ3v) is 3.35. The minimum atomic E-state index is -0.158. The zero-order chi connectivity index (χ0) is 17.3. The standard InChI is InChI=1S/C19H18N4O2/c24-18(20-12-13-25-17-8-2-1-3-9-17)15-6-4-7-16(14-15)23-19-21-10-5-11-22-19/h1-11,14H,12-13H2,(H,20,24)(H,21,22,23). The van der Waals surface area contributed by atoms with E-state index in [1.165, 1.54) is 0 Å². The van der Waals surface area contributed by atoms with Gasteiger partial charge in [-0.25, -0.2) is 9.97 Å². The van der Waals surface area contributed by atoms with E-state index < -0.39 is 0 Å². The van der Waals surface area contributed by atoms with Gasteiger partial charge in [0.25, 0.3) is 5.91 Å². The zero-order valence-electron chi connectivity index (χ0n) is 13.6. The fraction of sp³-hybridized carbons (Fsp3) is 0.105. The molecule has 1 amide bonds. The van der Waals surface area contributed by atoms with Crippen molar-refractivity contribution in [3.05, 3.63) is 78.6 Å². The highest BCUT2D eigenvalue weighted by atomic mass is 16.5. The number of hydrogen-bond donors (Lipinski definition) is 2. The third kappa shape index (κ3) is 5.04. The van der Waals surface area contributed by atoms with Gasteiger partial charge in [-0.15, -0.1) is 0 Å². The Hall–Kier alpha value is -3.41. The normalized spacial score (nSPS) is 10.1. The van der Waals surface area contributed by atoms with Gasteiger partial charge in [-0.2, -0.15) is 0 Å². The van der Waals surface area contributed by atoms with Crippen molar-refractivity contribution in [2.45, 2.75) is 0 Å². The Labute approximate surface area is 145 Å². The van der Waals surface area contributed by atoms with Crippen molar-refractivity contribution in [3.63, 3.8) is 0 Å². The molecule has 0 aliphatic rings. The number of nitrogens with zero attached hydrogens (tertiary/aromatic N) is 2. The predicted octanol–water partition coefficient (Wildman–Crippen LogP) is 3.03. The van der Waals surface area contributed by atoms with Crippen molar-refractivity contribution < 1.29 is 9.53 Å². The SMILES string of the molecule is O=C(NCCOc1ccccc1)c1cccc(Nc2ncccn2)c1. The molecule has 1 heterocycles. The Kier molecular flexibility index (Phi) is 5.56. The number of ether oxygens (including phenoxy) is 1. The van der Waals surface area contributed by atoms with Crippen molar-refractivity contribution >= 4 is 17.5 Å². The number of aromatic nitrogens is 2. The molecule has 0 radical (unpaired) electrons. The molecule has 6 heteroatoms. The van der Waals surface area contributed by atoms with Gasteiger partial charge in [0.2, 0.25) is 5.95 Å². The van der Waals surface area contributed by atoms with Crippen LogP contribution in [-0.2, 0) is 0 Å². The summed E-state index contributed by atoms with van der Waals surface area (Å²) >= 11 is 0. The van der Waals surface area contributed by atoms with E-state index >= 15 is 0 Å². The first-order valence-electron chi connectivity index (χ1n) is 7.91. The van der Waals surface area contributed by atoms with Gasteiger partial charge in [-0.3, -0.25) is 4.79 Å². The first-order chi connectivity index (χ1) is 12.3. The van der Waals surface area contributed by atoms with Crippen molar-refractivity contribution in [2.24, 2.45) is 0 Å². The van der Waals surface area contributed by atoms with Crippen molar-refractivity contribution in [1.29, 1.82) is 0 Å². The lowest BCUT2D eigenvalue weighted by Gasteiger charge is -2.09. The largest absolute Gasteiger partial charge is 0.492 e. The van der Waals surface area contributed by atoms with Gasteiger partial charge < -0.3 is 15.4 Å². The fourth-order valence-corrected chi connectivity index (χ4v) is 2.18. The molecule has 0 aliphatic heterocycles. The summed E-state index contributed by atoms with van der Waals surface area (Å²) in [6.07, 6.45) is 3.30. The highest BCUT2D eigenvalue weighted by Gasteiger charge is 2.06. The second kappa shape index (κ2) is 8.44. The van der Waals surface area contributed by atoms with Crippen molar-refractivity contribution in [2.75, 3.05) is 18.5 Å². The van der Waals surface area contributed by atoms with E-state index in [4.69, 9.17) is 4.74 Å². The molecule has 0 spiro atoms. The lowest BCUT2D eigenvalue weighted by atomic mass is 10.2. The van der Waals surface area contributed by atoms with E-state index in [0.29, 0.717) is 24.7 Å². The molecule has 2 N–H and O–H groups in total. The molecule has 0 bridgehead atoms. The Bertz CT molecular complexity index is 810. The number of para-hydroxylation sites is 1. The van der Waals surface area contributed by atoms with Crippen LogP contribution in [-0.4, -0.2) is 29.0 Å². The number of rotatable bonds is 7. The van der Waals surface area contributed by atoms with Gasteiger partial charge in [0.05, 0.1) is 6.54 Å². The quantitative estimate of drug-likeness (QED) is 0.650. The van der Waals surface area contributed by atoms with E-state index in [0.717, 1.165) is 11.4 Å². The number of carbonyl (C=O) groups excluding carboxylic acids is 1. The average Bonchev–Trinajstić information content (AvgIpc) is 2.67. The molecular weight excluding hydrogens is 316 g/mol. The molecule has 0 atom stereocenters. The van der Waals surface area contributed by atoms with Gasteiger partial charge >= 0.3 is 0 Å². The Balaban J connectivity index is 1.51. The van der Waals surface area contributed by atoms with Crippen LogP contribution in [0.1, 0.15) is 10.4 Å². The maximum Gasteiger partial charge on any atom is 0.251 e. The van der Waals surface area contributed by atoms with Crippen LogP contribution in [0.3, 0.4) is 0 Å². The molecule has 0 saturated carbocycles. The molecule has 6 nitrogen and oxygen atoms in total. The van der Waals surface area contributed by atoms with Crippen molar-refractivity contribution in [3.8, 4) is 5.75 Å². The summed E-state index contributed by atoms with van der Waals surface area (Å²) in [6, 6.07) is 18.4. The molecule has 2 aromatic carbocycles. The average molecular weight is 334 g/mol. The number of amides is 1. The number of benzene rings is 2. The number of anilines is 2. The summed E-state index contributed by atoms with van der Waals surface area (Å²) in [6.45, 7) is 0.832. The molecule has 0 fully saturated rings. The van der Waals surface area contributed by atoms with Gasteiger partial charge in [-0.1, -0.05) is 24.3 Å². The molecule has 126 valence electrons. The Morgan fingerprint density at radius 1 is 0.960 bits per heavy atom. The summed E-state index contributed by atoms with van der Waals surface area (Å²) in [5.41, 5.74) is 1.31. The van der Waals surface area contributed by atoms with Crippen molar-refractivity contribution in [1.82, 2.24) is 15.3 Å². The highest BCUT2D eigenvalue weighted by Crippen LogP contribution is 2.14. The minimum absolute atomic E-state index is 0.158. The monoisotopic (exact) mass is 334 g/mol. The maximum atomic E-state index is 12.2. The molecular formula is C19H18N4O2. The minimum Gasteiger partial charge on any atom is -0.492 e. The second-order valence-electron chi connectivity index (χ2n) is 5.20. The van der Waals surface area contributed by atoms with E-state index in [1.807, 2.05) is 36.4 Å². The fourth-order valence-electron chi connectivity index (χ4n) is 2.18. The molecule has 25 heavy (non-hydrogen) atoms. The topological polar surface area (TPSA) is 76.1 Å². The summed E-state index contributed by atoms with van der Waals surface area (Å²) in [5.74, 6) is 1.11.